The standard InChI is InChI=1S/C23H17N3O3S/c1-16-8-7-11-18(14-16)22(27)24-23-25(19-12-5-6-13-20(19)26(28)29)21(15-30-23)17-9-3-2-4-10-17/h2-15H,1H3. The number of amides is 1. The van der Waals surface area contributed by atoms with E-state index in [1.165, 1.54) is 17.4 Å². The van der Waals surface area contributed by atoms with Gasteiger partial charge in [-0.15, -0.1) is 11.3 Å². The zero-order valence-electron chi connectivity index (χ0n) is 16.1. The van der Waals surface area contributed by atoms with Crippen LogP contribution in [0, 0.1) is 17.0 Å². The summed E-state index contributed by atoms with van der Waals surface area (Å²) in [6.45, 7) is 1.91. The number of nitro benzene ring substituents is 1. The molecule has 0 aliphatic rings. The second-order valence-electron chi connectivity index (χ2n) is 6.64. The van der Waals surface area contributed by atoms with Crippen molar-refractivity contribution in [1.82, 2.24) is 4.57 Å². The highest BCUT2D eigenvalue weighted by molar-refractivity contribution is 7.07. The first-order valence-corrected chi connectivity index (χ1v) is 10.1. The molecule has 0 atom stereocenters. The van der Waals surface area contributed by atoms with Crippen LogP contribution in [0.15, 0.2) is 89.2 Å². The van der Waals surface area contributed by atoms with E-state index in [0.717, 1.165) is 16.8 Å². The Kier molecular flexibility index (Phi) is 5.36. The van der Waals surface area contributed by atoms with Crippen LogP contribution in [0.4, 0.5) is 5.69 Å². The lowest BCUT2D eigenvalue weighted by Gasteiger charge is -2.09. The van der Waals surface area contributed by atoms with Crippen LogP contribution in [0.3, 0.4) is 0 Å². The van der Waals surface area contributed by atoms with Crippen molar-refractivity contribution in [3.8, 4) is 16.9 Å². The Hall–Kier alpha value is -3.84. The second kappa shape index (κ2) is 8.26. The number of rotatable bonds is 4. The van der Waals surface area contributed by atoms with Gasteiger partial charge in [0.1, 0.15) is 5.69 Å². The maximum absolute atomic E-state index is 12.8. The predicted molar refractivity (Wildman–Crippen MR) is 117 cm³/mol. The van der Waals surface area contributed by atoms with Crippen molar-refractivity contribution in [1.29, 1.82) is 0 Å². The second-order valence-corrected chi connectivity index (χ2v) is 7.47. The number of hydrogen-bond acceptors (Lipinski definition) is 4. The summed E-state index contributed by atoms with van der Waals surface area (Å²) in [5.41, 5.74) is 3.33. The molecule has 1 aromatic heterocycles. The highest BCUT2D eigenvalue weighted by atomic mass is 32.1. The van der Waals surface area contributed by atoms with Gasteiger partial charge >= 0.3 is 0 Å². The molecule has 0 aliphatic heterocycles. The van der Waals surface area contributed by atoms with Gasteiger partial charge in [0, 0.05) is 17.0 Å². The topological polar surface area (TPSA) is 77.5 Å². The number of carbonyl (C=O) groups excluding carboxylic acids is 1. The molecule has 0 N–H and O–H groups in total. The average molecular weight is 415 g/mol. The monoisotopic (exact) mass is 415 g/mol. The van der Waals surface area contributed by atoms with Gasteiger partial charge in [-0.3, -0.25) is 19.5 Å². The third kappa shape index (κ3) is 3.83. The Morgan fingerprint density at radius 1 is 1.00 bits per heavy atom. The quantitative estimate of drug-likeness (QED) is 0.341. The molecule has 0 saturated heterocycles. The summed E-state index contributed by atoms with van der Waals surface area (Å²) >= 11 is 1.27. The van der Waals surface area contributed by atoms with Gasteiger partial charge in [0.2, 0.25) is 0 Å². The Labute approximate surface area is 176 Å². The zero-order chi connectivity index (χ0) is 21.1. The van der Waals surface area contributed by atoms with Crippen LogP contribution in [0.2, 0.25) is 0 Å². The molecule has 1 amide bonds. The molecule has 0 saturated carbocycles. The number of hydrogen-bond donors (Lipinski definition) is 0. The van der Waals surface area contributed by atoms with E-state index in [1.54, 1.807) is 41.0 Å². The van der Waals surface area contributed by atoms with Crippen molar-refractivity contribution in [2.45, 2.75) is 6.92 Å². The number of carbonyl (C=O) groups is 1. The Bertz CT molecular complexity index is 1310. The SMILES string of the molecule is Cc1cccc(C(=O)N=c2scc(-c3ccccc3)n2-c2ccccc2[N+](=O)[O-])c1. The van der Waals surface area contributed by atoms with Gasteiger partial charge in [-0.25, -0.2) is 0 Å². The summed E-state index contributed by atoms with van der Waals surface area (Å²) in [7, 11) is 0. The van der Waals surface area contributed by atoms with Crippen molar-refractivity contribution in [3.05, 3.63) is 110 Å². The van der Waals surface area contributed by atoms with Gasteiger partial charge in [-0.1, -0.05) is 60.2 Å². The van der Waals surface area contributed by atoms with E-state index in [9.17, 15) is 14.9 Å². The first-order valence-electron chi connectivity index (χ1n) is 9.20. The number of para-hydroxylation sites is 2. The number of benzene rings is 3. The van der Waals surface area contributed by atoms with E-state index in [2.05, 4.69) is 4.99 Å². The van der Waals surface area contributed by atoms with Crippen LogP contribution in [0.25, 0.3) is 16.9 Å². The first-order chi connectivity index (χ1) is 14.5. The van der Waals surface area contributed by atoms with E-state index in [1.807, 2.05) is 48.7 Å². The number of aromatic nitrogens is 1. The molecule has 0 radical (unpaired) electrons. The molecule has 6 nitrogen and oxygen atoms in total. The molecule has 3 aromatic carbocycles. The molecule has 30 heavy (non-hydrogen) atoms. The summed E-state index contributed by atoms with van der Waals surface area (Å²) in [4.78, 5) is 28.7. The van der Waals surface area contributed by atoms with Crippen molar-refractivity contribution < 1.29 is 9.72 Å². The van der Waals surface area contributed by atoms with E-state index in [0.29, 0.717) is 16.1 Å². The molecule has 0 fully saturated rings. The van der Waals surface area contributed by atoms with Gasteiger partial charge < -0.3 is 0 Å². The van der Waals surface area contributed by atoms with Gasteiger partial charge in [0.15, 0.2) is 4.80 Å². The fraction of sp³-hybridized carbons (Fsp3) is 0.0435. The smallest absolute Gasteiger partial charge is 0.278 e. The van der Waals surface area contributed by atoms with E-state index in [4.69, 9.17) is 0 Å². The third-order valence-corrected chi connectivity index (χ3v) is 5.39. The first kappa shape index (κ1) is 19.5. The van der Waals surface area contributed by atoms with Crippen LogP contribution in [-0.2, 0) is 0 Å². The fourth-order valence-corrected chi connectivity index (χ4v) is 4.07. The summed E-state index contributed by atoms with van der Waals surface area (Å²) in [5.74, 6) is -0.396. The normalized spacial score (nSPS) is 11.4. The molecular formula is C23H17N3O3S. The Balaban J connectivity index is 1.96. The lowest BCUT2D eigenvalue weighted by atomic mass is 10.1. The molecule has 148 valence electrons. The summed E-state index contributed by atoms with van der Waals surface area (Å²) < 4.78 is 1.67. The molecular weight excluding hydrogens is 398 g/mol. The number of thiazole rings is 1. The minimum atomic E-state index is -0.430. The molecule has 1 heterocycles. The molecule has 0 unspecified atom stereocenters. The van der Waals surface area contributed by atoms with Gasteiger partial charge in [0.25, 0.3) is 11.6 Å². The van der Waals surface area contributed by atoms with Gasteiger partial charge in [-0.05, 0) is 30.7 Å². The van der Waals surface area contributed by atoms with Gasteiger partial charge in [-0.2, -0.15) is 4.99 Å². The Morgan fingerprint density at radius 3 is 2.47 bits per heavy atom. The highest BCUT2D eigenvalue weighted by Gasteiger charge is 2.19. The molecule has 0 aliphatic carbocycles. The lowest BCUT2D eigenvalue weighted by Crippen LogP contribution is -2.17. The molecule has 0 spiro atoms. The van der Waals surface area contributed by atoms with Crippen molar-refractivity contribution >= 4 is 22.9 Å². The lowest BCUT2D eigenvalue weighted by molar-refractivity contribution is -0.384. The largest absolute Gasteiger partial charge is 0.293 e. The van der Waals surface area contributed by atoms with E-state index >= 15 is 0 Å². The third-order valence-electron chi connectivity index (χ3n) is 4.56. The minimum Gasteiger partial charge on any atom is -0.278 e. The van der Waals surface area contributed by atoms with Gasteiger partial charge in [0.05, 0.1) is 10.6 Å². The van der Waals surface area contributed by atoms with E-state index in [-0.39, 0.29) is 5.69 Å². The summed E-state index contributed by atoms with van der Waals surface area (Å²) in [5, 5.41) is 13.5. The molecule has 0 bridgehead atoms. The summed E-state index contributed by atoms with van der Waals surface area (Å²) in [6.07, 6.45) is 0. The van der Waals surface area contributed by atoms with Crippen LogP contribution in [-0.4, -0.2) is 15.4 Å². The fourth-order valence-electron chi connectivity index (χ4n) is 3.17. The van der Waals surface area contributed by atoms with Crippen LogP contribution in [0.1, 0.15) is 15.9 Å². The minimum absolute atomic E-state index is 0.0578. The van der Waals surface area contributed by atoms with Crippen LogP contribution >= 0.6 is 11.3 Å². The molecule has 4 aromatic rings. The number of nitrogens with zero attached hydrogens (tertiary/aromatic N) is 3. The van der Waals surface area contributed by atoms with Crippen molar-refractivity contribution in [3.63, 3.8) is 0 Å². The Morgan fingerprint density at radius 2 is 1.73 bits per heavy atom. The van der Waals surface area contributed by atoms with Crippen molar-refractivity contribution in [2.24, 2.45) is 4.99 Å². The number of nitro groups is 1. The maximum Gasteiger partial charge on any atom is 0.293 e. The molecule has 4 rings (SSSR count). The van der Waals surface area contributed by atoms with Crippen LogP contribution < -0.4 is 4.80 Å². The maximum atomic E-state index is 12.8. The average Bonchev–Trinajstić information content (AvgIpc) is 3.17. The number of aryl methyl sites for hydroxylation is 1. The molecule has 7 heteroatoms. The zero-order valence-corrected chi connectivity index (χ0v) is 16.9. The summed E-state index contributed by atoms with van der Waals surface area (Å²) in [6, 6.07) is 23.2. The van der Waals surface area contributed by atoms with E-state index < -0.39 is 10.8 Å². The highest BCUT2D eigenvalue weighted by Crippen LogP contribution is 2.28. The van der Waals surface area contributed by atoms with Crippen molar-refractivity contribution in [2.75, 3.05) is 0 Å². The predicted octanol–water partition coefficient (Wildman–Crippen LogP) is 5.16. The van der Waals surface area contributed by atoms with Crippen LogP contribution in [0.5, 0.6) is 0 Å².